The SMILES string of the molecule is CCCC[Si](CCCC)(CCCC)c1cc(CC)ccc1S(=O)(=O)O. The second-order valence-corrected chi connectivity index (χ2v) is 13.2. The summed E-state index contributed by atoms with van der Waals surface area (Å²) < 4.78 is 34.1. The number of unbranched alkanes of at least 4 members (excludes halogenated alkanes) is 3. The van der Waals surface area contributed by atoms with Crippen molar-refractivity contribution >= 4 is 23.4 Å². The van der Waals surface area contributed by atoms with Gasteiger partial charge in [0, 0.05) is 0 Å². The molecule has 5 heteroatoms. The molecule has 0 unspecified atom stereocenters. The van der Waals surface area contributed by atoms with Crippen LogP contribution in [0.3, 0.4) is 0 Å². The molecule has 1 N–H and O–H groups in total. The second-order valence-electron chi connectivity index (χ2n) is 7.25. The van der Waals surface area contributed by atoms with Crippen molar-refractivity contribution in [2.45, 2.75) is 95.7 Å². The molecule has 0 fully saturated rings. The van der Waals surface area contributed by atoms with Crippen molar-refractivity contribution in [2.75, 3.05) is 0 Å². The molecule has 0 radical (unpaired) electrons. The summed E-state index contributed by atoms with van der Waals surface area (Å²) in [6, 6.07) is 8.98. The molecule has 1 rings (SSSR count). The maximum atomic E-state index is 12.1. The Bertz CT molecular complexity index is 604. The van der Waals surface area contributed by atoms with Crippen LogP contribution in [0.5, 0.6) is 0 Å². The predicted octanol–water partition coefficient (Wildman–Crippen LogP) is 5.55. The van der Waals surface area contributed by atoms with Crippen LogP contribution in [0.1, 0.15) is 71.8 Å². The van der Waals surface area contributed by atoms with Gasteiger partial charge < -0.3 is 0 Å². The third-order valence-corrected chi connectivity index (χ3v) is 11.9. The number of aryl methyl sites for hydroxylation is 1. The first kappa shape index (κ1) is 22.4. The Hall–Kier alpha value is -0.653. The average Bonchev–Trinajstić information content (AvgIpc) is 2.60. The van der Waals surface area contributed by atoms with Gasteiger partial charge in [-0.2, -0.15) is 8.42 Å². The van der Waals surface area contributed by atoms with E-state index in [-0.39, 0.29) is 4.90 Å². The lowest BCUT2D eigenvalue weighted by Crippen LogP contribution is -2.49. The van der Waals surface area contributed by atoms with Crippen LogP contribution in [-0.2, 0) is 16.5 Å². The van der Waals surface area contributed by atoms with E-state index >= 15 is 0 Å². The van der Waals surface area contributed by atoms with Crippen molar-refractivity contribution in [2.24, 2.45) is 0 Å². The summed E-state index contributed by atoms with van der Waals surface area (Å²) >= 11 is 0. The Balaban J connectivity index is 3.57. The first-order valence-electron chi connectivity index (χ1n) is 9.95. The van der Waals surface area contributed by atoms with Crippen molar-refractivity contribution in [3.8, 4) is 0 Å². The Morgan fingerprint density at radius 1 is 0.880 bits per heavy atom. The molecule has 0 aliphatic carbocycles. The Kier molecular flexibility index (Phi) is 9.39. The van der Waals surface area contributed by atoms with Gasteiger partial charge in [0.05, 0.1) is 13.0 Å². The zero-order valence-electron chi connectivity index (χ0n) is 16.5. The molecule has 25 heavy (non-hydrogen) atoms. The smallest absolute Gasteiger partial charge is 0.282 e. The molecule has 0 heterocycles. The van der Waals surface area contributed by atoms with Crippen molar-refractivity contribution in [3.05, 3.63) is 23.8 Å². The number of hydrogen-bond donors (Lipinski definition) is 1. The van der Waals surface area contributed by atoms with Gasteiger partial charge in [-0.1, -0.05) is 96.5 Å². The van der Waals surface area contributed by atoms with E-state index in [0.29, 0.717) is 0 Å². The lowest BCUT2D eigenvalue weighted by atomic mass is 10.2. The predicted molar refractivity (Wildman–Crippen MR) is 110 cm³/mol. The molecule has 0 bridgehead atoms. The third kappa shape index (κ3) is 6.22. The van der Waals surface area contributed by atoms with Crippen LogP contribution in [0.2, 0.25) is 18.1 Å². The van der Waals surface area contributed by atoms with Crippen LogP contribution in [0, 0.1) is 0 Å². The van der Waals surface area contributed by atoms with E-state index in [1.807, 2.05) is 6.07 Å². The number of rotatable bonds is 12. The second kappa shape index (κ2) is 10.5. The molecular formula is C20H36O3SSi. The number of hydrogen-bond acceptors (Lipinski definition) is 2. The van der Waals surface area contributed by atoms with Gasteiger partial charge in [0.25, 0.3) is 10.1 Å². The topological polar surface area (TPSA) is 54.4 Å². The quantitative estimate of drug-likeness (QED) is 0.379. The molecule has 0 saturated carbocycles. The summed E-state index contributed by atoms with van der Waals surface area (Å²) in [7, 11) is -6.16. The highest BCUT2D eigenvalue weighted by Gasteiger charge is 2.37. The van der Waals surface area contributed by atoms with Crippen molar-refractivity contribution in [1.82, 2.24) is 0 Å². The van der Waals surface area contributed by atoms with E-state index in [4.69, 9.17) is 0 Å². The first-order valence-corrected chi connectivity index (χ1v) is 14.0. The van der Waals surface area contributed by atoms with Crippen molar-refractivity contribution in [1.29, 1.82) is 0 Å². The van der Waals surface area contributed by atoms with Gasteiger partial charge in [0.15, 0.2) is 0 Å². The van der Waals surface area contributed by atoms with Crippen molar-refractivity contribution < 1.29 is 13.0 Å². The molecule has 0 aromatic heterocycles. The van der Waals surface area contributed by atoms with Gasteiger partial charge in [0.1, 0.15) is 0 Å². The Morgan fingerprint density at radius 2 is 1.36 bits per heavy atom. The zero-order valence-corrected chi connectivity index (χ0v) is 18.3. The minimum atomic E-state index is -4.18. The van der Waals surface area contributed by atoms with Gasteiger partial charge in [-0.25, -0.2) is 0 Å². The highest BCUT2D eigenvalue weighted by molar-refractivity contribution is 7.86. The highest BCUT2D eigenvalue weighted by atomic mass is 32.2. The normalized spacial score (nSPS) is 12.5. The maximum Gasteiger partial charge on any atom is 0.294 e. The average molecular weight is 385 g/mol. The molecule has 0 amide bonds. The van der Waals surface area contributed by atoms with E-state index in [2.05, 4.69) is 33.8 Å². The molecule has 0 atom stereocenters. The highest BCUT2D eigenvalue weighted by Crippen LogP contribution is 2.31. The van der Waals surface area contributed by atoms with Crippen LogP contribution in [-0.4, -0.2) is 21.0 Å². The van der Waals surface area contributed by atoms with Gasteiger partial charge in [-0.3, -0.25) is 4.55 Å². The van der Waals surface area contributed by atoms with Crippen LogP contribution in [0.15, 0.2) is 23.1 Å². The van der Waals surface area contributed by atoms with Gasteiger partial charge in [-0.05, 0) is 23.2 Å². The van der Waals surface area contributed by atoms with Gasteiger partial charge >= 0.3 is 0 Å². The summed E-state index contributed by atoms with van der Waals surface area (Å²) in [5.41, 5.74) is 1.17. The summed E-state index contributed by atoms with van der Waals surface area (Å²) in [6.45, 7) is 8.69. The molecule has 0 saturated heterocycles. The molecule has 144 valence electrons. The molecule has 0 aliphatic heterocycles. The molecule has 1 aromatic carbocycles. The summed E-state index contributed by atoms with van der Waals surface area (Å²) in [4.78, 5) is 0.180. The van der Waals surface area contributed by atoms with Crippen LogP contribution in [0.25, 0.3) is 0 Å². The summed E-state index contributed by atoms with van der Waals surface area (Å²) in [6.07, 6.45) is 7.69. The van der Waals surface area contributed by atoms with Gasteiger partial charge in [0.2, 0.25) is 0 Å². The minimum absolute atomic E-state index is 0.180. The Morgan fingerprint density at radius 3 is 1.72 bits per heavy atom. The first-order chi connectivity index (χ1) is 11.8. The van der Waals surface area contributed by atoms with E-state index in [0.717, 1.165) is 68.3 Å². The van der Waals surface area contributed by atoms with Gasteiger partial charge in [-0.15, -0.1) is 0 Å². The lowest BCUT2D eigenvalue weighted by Gasteiger charge is -2.34. The van der Waals surface area contributed by atoms with Crippen molar-refractivity contribution in [3.63, 3.8) is 0 Å². The van der Waals surface area contributed by atoms with Crippen LogP contribution < -0.4 is 5.19 Å². The fraction of sp³-hybridized carbons (Fsp3) is 0.700. The minimum Gasteiger partial charge on any atom is -0.282 e. The summed E-state index contributed by atoms with van der Waals surface area (Å²) in [5, 5.41) is 0.990. The Labute approximate surface area is 156 Å². The van der Waals surface area contributed by atoms with Crippen LogP contribution >= 0.6 is 0 Å². The van der Waals surface area contributed by atoms with E-state index in [1.165, 1.54) is 5.56 Å². The number of benzene rings is 1. The zero-order chi connectivity index (χ0) is 18.9. The molecule has 3 nitrogen and oxygen atoms in total. The van der Waals surface area contributed by atoms with E-state index in [9.17, 15) is 13.0 Å². The lowest BCUT2D eigenvalue weighted by molar-refractivity contribution is 0.483. The molecule has 0 spiro atoms. The maximum absolute atomic E-state index is 12.1. The monoisotopic (exact) mass is 384 g/mol. The third-order valence-electron chi connectivity index (χ3n) is 5.33. The molecular weight excluding hydrogens is 348 g/mol. The van der Waals surface area contributed by atoms with E-state index in [1.54, 1.807) is 6.07 Å². The fourth-order valence-corrected chi connectivity index (χ4v) is 11.1. The summed E-state index contributed by atoms with van der Waals surface area (Å²) in [5.74, 6) is 0. The fourth-order valence-electron chi connectivity index (χ4n) is 3.76. The largest absolute Gasteiger partial charge is 0.294 e. The van der Waals surface area contributed by atoms with E-state index < -0.39 is 18.2 Å². The van der Waals surface area contributed by atoms with Crippen LogP contribution in [0.4, 0.5) is 0 Å². The molecule has 0 aliphatic rings. The standard InChI is InChI=1S/C20H36O3SSi/c1-5-9-14-25(15-10-6-2,16-11-7-3)20-17-18(8-4)12-13-19(20)24(21,22)23/h12-13,17H,5-11,14-16H2,1-4H3,(H,21,22,23). The molecule has 1 aromatic rings.